The lowest BCUT2D eigenvalue weighted by atomic mass is 10.0. The second kappa shape index (κ2) is 8.16. The van der Waals surface area contributed by atoms with Crippen molar-refractivity contribution in [2.75, 3.05) is 13.2 Å². The van der Waals surface area contributed by atoms with E-state index in [1.54, 1.807) is 6.07 Å². The standard InChI is InChI=1S/C14H20BrNO2/c1-3-13(16-8-5-9-18-4-2)12-10-11(15)6-7-14(12)17/h4,6-7,10,13,16-17H,2-3,5,8-9H2,1H3. The molecule has 2 N–H and O–H groups in total. The van der Waals surface area contributed by atoms with Crippen LogP contribution in [0.15, 0.2) is 35.5 Å². The van der Waals surface area contributed by atoms with Gasteiger partial charge >= 0.3 is 0 Å². The number of halogens is 1. The molecule has 0 aliphatic heterocycles. The van der Waals surface area contributed by atoms with E-state index in [1.807, 2.05) is 12.1 Å². The summed E-state index contributed by atoms with van der Waals surface area (Å²) in [5, 5.41) is 13.3. The second-order valence-electron chi connectivity index (χ2n) is 4.01. The van der Waals surface area contributed by atoms with Crippen molar-refractivity contribution in [2.24, 2.45) is 0 Å². The molecule has 4 heteroatoms. The Hall–Kier alpha value is -1.00. The van der Waals surface area contributed by atoms with E-state index in [2.05, 4.69) is 34.7 Å². The van der Waals surface area contributed by atoms with Crippen LogP contribution in [0, 0.1) is 0 Å². The van der Waals surface area contributed by atoms with Crippen LogP contribution in [0.1, 0.15) is 31.4 Å². The van der Waals surface area contributed by atoms with E-state index >= 15 is 0 Å². The van der Waals surface area contributed by atoms with Gasteiger partial charge in [0.2, 0.25) is 0 Å². The van der Waals surface area contributed by atoms with Gasteiger partial charge in [-0.3, -0.25) is 0 Å². The summed E-state index contributed by atoms with van der Waals surface area (Å²) < 4.78 is 6.04. The summed E-state index contributed by atoms with van der Waals surface area (Å²) in [6.07, 6.45) is 3.29. The van der Waals surface area contributed by atoms with E-state index in [-0.39, 0.29) is 6.04 Å². The summed E-state index contributed by atoms with van der Waals surface area (Å²) in [5.41, 5.74) is 0.927. The molecule has 0 aliphatic rings. The summed E-state index contributed by atoms with van der Waals surface area (Å²) in [7, 11) is 0. The van der Waals surface area contributed by atoms with Gasteiger partial charge in [-0.2, -0.15) is 0 Å². The van der Waals surface area contributed by atoms with Crippen LogP contribution in [0.3, 0.4) is 0 Å². The molecule has 0 fully saturated rings. The summed E-state index contributed by atoms with van der Waals surface area (Å²) in [5.74, 6) is 0.333. The Morgan fingerprint density at radius 2 is 2.33 bits per heavy atom. The molecule has 0 heterocycles. The van der Waals surface area contributed by atoms with Gasteiger partial charge in [-0.05, 0) is 37.6 Å². The molecule has 100 valence electrons. The molecule has 0 amide bonds. The van der Waals surface area contributed by atoms with E-state index in [1.165, 1.54) is 6.26 Å². The van der Waals surface area contributed by atoms with Crippen molar-refractivity contribution >= 4 is 15.9 Å². The third-order valence-electron chi connectivity index (χ3n) is 2.72. The van der Waals surface area contributed by atoms with Crippen molar-refractivity contribution in [1.82, 2.24) is 5.32 Å². The number of ether oxygens (including phenoxy) is 1. The van der Waals surface area contributed by atoms with Gasteiger partial charge in [-0.25, -0.2) is 0 Å². The molecule has 1 atom stereocenters. The average Bonchev–Trinajstić information content (AvgIpc) is 2.37. The fourth-order valence-electron chi connectivity index (χ4n) is 1.79. The van der Waals surface area contributed by atoms with Crippen molar-refractivity contribution in [3.8, 4) is 5.75 Å². The van der Waals surface area contributed by atoms with Gasteiger partial charge in [0.15, 0.2) is 0 Å². The summed E-state index contributed by atoms with van der Waals surface area (Å²) in [6, 6.07) is 5.66. The zero-order valence-corrected chi connectivity index (χ0v) is 12.2. The topological polar surface area (TPSA) is 41.5 Å². The van der Waals surface area contributed by atoms with Crippen molar-refractivity contribution in [3.63, 3.8) is 0 Å². The minimum atomic E-state index is 0.159. The van der Waals surface area contributed by atoms with Crippen molar-refractivity contribution < 1.29 is 9.84 Å². The Kier molecular flexibility index (Phi) is 6.83. The maximum absolute atomic E-state index is 9.88. The zero-order chi connectivity index (χ0) is 13.4. The van der Waals surface area contributed by atoms with Crippen molar-refractivity contribution in [1.29, 1.82) is 0 Å². The highest BCUT2D eigenvalue weighted by Crippen LogP contribution is 2.29. The van der Waals surface area contributed by atoms with Gasteiger partial charge in [-0.1, -0.05) is 29.4 Å². The molecule has 0 spiro atoms. The number of rotatable bonds is 8. The van der Waals surface area contributed by atoms with Gasteiger partial charge in [0.25, 0.3) is 0 Å². The van der Waals surface area contributed by atoms with E-state index < -0.39 is 0 Å². The van der Waals surface area contributed by atoms with Crippen LogP contribution in [0.2, 0.25) is 0 Å². The quantitative estimate of drug-likeness (QED) is 0.567. The molecular weight excluding hydrogens is 294 g/mol. The first-order valence-corrected chi connectivity index (χ1v) is 6.92. The highest BCUT2D eigenvalue weighted by molar-refractivity contribution is 9.10. The number of hydrogen-bond acceptors (Lipinski definition) is 3. The van der Waals surface area contributed by atoms with E-state index in [9.17, 15) is 5.11 Å². The molecule has 0 aromatic heterocycles. The molecule has 0 saturated heterocycles. The Morgan fingerprint density at radius 1 is 1.56 bits per heavy atom. The molecule has 1 unspecified atom stereocenters. The molecule has 18 heavy (non-hydrogen) atoms. The molecule has 0 bridgehead atoms. The Morgan fingerprint density at radius 3 is 3.00 bits per heavy atom. The van der Waals surface area contributed by atoms with E-state index in [0.717, 1.165) is 29.4 Å². The Labute approximate surface area is 117 Å². The average molecular weight is 314 g/mol. The third-order valence-corrected chi connectivity index (χ3v) is 3.21. The minimum absolute atomic E-state index is 0.159. The number of hydrogen-bond donors (Lipinski definition) is 2. The summed E-state index contributed by atoms with van der Waals surface area (Å²) in [6.45, 7) is 7.10. The maximum Gasteiger partial charge on any atom is 0.120 e. The van der Waals surface area contributed by atoms with Crippen LogP contribution in [0.4, 0.5) is 0 Å². The van der Waals surface area contributed by atoms with Crippen molar-refractivity contribution in [3.05, 3.63) is 41.1 Å². The largest absolute Gasteiger partial charge is 0.508 e. The van der Waals surface area contributed by atoms with Gasteiger partial charge < -0.3 is 15.2 Å². The van der Waals surface area contributed by atoms with E-state index in [0.29, 0.717) is 12.4 Å². The molecule has 1 rings (SSSR count). The minimum Gasteiger partial charge on any atom is -0.508 e. The SMILES string of the molecule is C=COCCCNC(CC)c1cc(Br)ccc1O. The number of phenolic OH excluding ortho intramolecular Hbond substituents is 1. The monoisotopic (exact) mass is 313 g/mol. The molecule has 0 saturated carbocycles. The van der Waals surface area contributed by atoms with Crippen molar-refractivity contribution in [2.45, 2.75) is 25.8 Å². The maximum atomic E-state index is 9.88. The van der Waals surface area contributed by atoms with Gasteiger partial charge in [0.1, 0.15) is 5.75 Å². The second-order valence-corrected chi connectivity index (χ2v) is 4.92. The number of phenols is 1. The third kappa shape index (κ3) is 4.70. The fourth-order valence-corrected chi connectivity index (χ4v) is 2.17. The lowest BCUT2D eigenvalue weighted by molar-refractivity contribution is 0.242. The summed E-state index contributed by atoms with van der Waals surface area (Å²) in [4.78, 5) is 0. The number of aromatic hydroxyl groups is 1. The van der Waals surface area contributed by atoms with Crippen LogP contribution < -0.4 is 5.32 Å². The van der Waals surface area contributed by atoms with Crippen LogP contribution in [-0.4, -0.2) is 18.3 Å². The lowest BCUT2D eigenvalue weighted by Crippen LogP contribution is -2.22. The first kappa shape index (κ1) is 15.1. The van der Waals surface area contributed by atoms with Gasteiger partial charge in [-0.15, -0.1) is 0 Å². The van der Waals surface area contributed by atoms with Gasteiger partial charge in [0, 0.05) is 16.1 Å². The predicted octanol–water partition coefficient (Wildman–Crippen LogP) is 3.75. The first-order valence-electron chi connectivity index (χ1n) is 6.13. The lowest BCUT2D eigenvalue weighted by Gasteiger charge is -2.18. The van der Waals surface area contributed by atoms with Crippen LogP contribution >= 0.6 is 15.9 Å². The highest BCUT2D eigenvalue weighted by Gasteiger charge is 2.13. The highest BCUT2D eigenvalue weighted by atomic mass is 79.9. The summed E-state index contributed by atoms with van der Waals surface area (Å²) >= 11 is 3.43. The van der Waals surface area contributed by atoms with Crippen LogP contribution in [0.5, 0.6) is 5.75 Å². The number of benzene rings is 1. The zero-order valence-electron chi connectivity index (χ0n) is 10.7. The van der Waals surface area contributed by atoms with Gasteiger partial charge in [0.05, 0.1) is 12.9 Å². The molecule has 0 aliphatic carbocycles. The molecular formula is C14H20BrNO2. The fraction of sp³-hybridized carbons (Fsp3) is 0.429. The molecule has 0 radical (unpaired) electrons. The molecule has 3 nitrogen and oxygen atoms in total. The Balaban J connectivity index is 2.54. The number of nitrogens with one attached hydrogen (secondary N) is 1. The van der Waals surface area contributed by atoms with Crippen LogP contribution in [0.25, 0.3) is 0 Å². The smallest absolute Gasteiger partial charge is 0.120 e. The van der Waals surface area contributed by atoms with Crippen LogP contribution in [-0.2, 0) is 4.74 Å². The normalized spacial score (nSPS) is 12.1. The molecule has 1 aromatic rings. The molecule has 1 aromatic carbocycles. The van der Waals surface area contributed by atoms with E-state index in [4.69, 9.17) is 4.74 Å². The Bertz CT molecular complexity index is 382. The first-order chi connectivity index (χ1) is 8.69. The predicted molar refractivity (Wildman–Crippen MR) is 77.6 cm³/mol.